The van der Waals surface area contributed by atoms with Crippen molar-refractivity contribution in [3.05, 3.63) is 63.8 Å². The van der Waals surface area contributed by atoms with Gasteiger partial charge < -0.3 is 10.1 Å². The average Bonchev–Trinajstić information content (AvgIpc) is 3.55. The van der Waals surface area contributed by atoms with Gasteiger partial charge in [0.05, 0.1) is 17.7 Å². The van der Waals surface area contributed by atoms with Crippen molar-refractivity contribution in [1.82, 2.24) is 4.90 Å². The number of rotatable bonds is 9. The van der Waals surface area contributed by atoms with Gasteiger partial charge in [0, 0.05) is 15.8 Å². The number of hydrogen-bond donors (Lipinski definition) is 1. The fraction of sp³-hybridized carbons (Fsp3) is 0.308. The molecule has 0 saturated heterocycles. The smallest absolute Gasteiger partial charge is 0.341 e. The normalized spacial score (nSPS) is 13.8. The SMILES string of the molecule is CCOC(=O)c1c(-c2cccs2)csc1NC(=O)C(CCC(C)C)N1C(=O)c2ccccc2C1=O. The second-order valence-electron chi connectivity index (χ2n) is 8.55. The molecule has 7 nitrogen and oxygen atoms in total. The number of esters is 1. The van der Waals surface area contributed by atoms with E-state index in [0.717, 1.165) is 9.78 Å². The first-order valence-electron chi connectivity index (χ1n) is 11.4. The summed E-state index contributed by atoms with van der Waals surface area (Å²) in [5, 5.41) is 6.89. The van der Waals surface area contributed by atoms with E-state index in [-0.39, 0.29) is 18.1 Å². The van der Waals surface area contributed by atoms with Crippen molar-refractivity contribution in [2.75, 3.05) is 11.9 Å². The predicted molar refractivity (Wildman–Crippen MR) is 137 cm³/mol. The lowest BCUT2D eigenvalue weighted by Gasteiger charge is -2.26. The molecule has 9 heteroatoms. The molecular formula is C26H26N2O5S2. The monoisotopic (exact) mass is 510 g/mol. The summed E-state index contributed by atoms with van der Waals surface area (Å²) >= 11 is 2.69. The first-order valence-corrected chi connectivity index (χ1v) is 13.2. The number of nitrogens with one attached hydrogen (secondary N) is 1. The lowest BCUT2D eigenvalue weighted by atomic mass is 10.0. The van der Waals surface area contributed by atoms with Crippen molar-refractivity contribution in [1.29, 1.82) is 0 Å². The Morgan fingerprint density at radius 2 is 1.66 bits per heavy atom. The van der Waals surface area contributed by atoms with Crippen LogP contribution in [0, 0.1) is 5.92 Å². The number of ether oxygens (including phenoxy) is 1. The third-order valence-electron chi connectivity index (χ3n) is 5.75. The highest BCUT2D eigenvalue weighted by Crippen LogP contribution is 2.38. The Morgan fingerprint density at radius 1 is 0.971 bits per heavy atom. The van der Waals surface area contributed by atoms with Gasteiger partial charge in [0.1, 0.15) is 16.6 Å². The predicted octanol–water partition coefficient (Wildman–Crippen LogP) is 5.69. The molecule has 182 valence electrons. The maximum absolute atomic E-state index is 13.6. The number of carbonyl (C=O) groups excluding carboxylic acids is 4. The van der Waals surface area contributed by atoms with Crippen LogP contribution in [0.15, 0.2) is 47.2 Å². The number of carbonyl (C=O) groups is 4. The van der Waals surface area contributed by atoms with E-state index in [0.29, 0.717) is 34.5 Å². The van der Waals surface area contributed by atoms with Crippen molar-refractivity contribution >= 4 is 51.4 Å². The van der Waals surface area contributed by atoms with E-state index >= 15 is 0 Å². The molecule has 0 bridgehead atoms. The molecule has 1 unspecified atom stereocenters. The lowest BCUT2D eigenvalue weighted by molar-refractivity contribution is -0.120. The topological polar surface area (TPSA) is 92.8 Å². The molecule has 0 spiro atoms. The van der Waals surface area contributed by atoms with Gasteiger partial charge in [-0.15, -0.1) is 22.7 Å². The second-order valence-corrected chi connectivity index (χ2v) is 10.4. The third kappa shape index (κ3) is 4.92. The first kappa shape index (κ1) is 24.8. The number of hydrogen-bond acceptors (Lipinski definition) is 7. The Balaban J connectivity index is 1.67. The molecule has 1 aliphatic rings. The zero-order chi connectivity index (χ0) is 25.1. The molecule has 0 aliphatic carbocycles. The minimum Gasteiger partial charge on any atom is -0.462 e. The van der Waals surface area contributed by atoms with Gasteiger partial charge in [-0.3, -0.25) is 19.3 Å². The highest BCUT2D eigenvalue weighted by molar-refractivity contribution is 7.17. The van der Waals surface area contributed by atoms with Gasteiger partial charge in [0.25, 0.3) is 11.8 Å². The van der Waals surface area contributed by atoms with Gasteiger partial charge in [-0.25, -0.2) is 4.79 Å². The van der Waals surface area contributed by atoms with E-state index in [2.05, 4.69) is 5.32 Å². The van der Waals surface area contributed by atoms with Crippen molar-refractivity contribution in [2.24, 2.45) is 5.92 Å². The number of anilines is 1. The van der Waals surface area contributed by atoms with Gasteiger partial charge in [-0.05, 0) is 49.3 Å². The van der Waals surface area contributed by atoms with Gasteiger partial charge in [0.2, 0.25) is 5.91 Å². The summed E-state index contributed by atoms with van der Waals surface area (Å²) in [6.07, 6.45) is 0.952. The summed E-state index contributed by atoms with van der Waals surface area (Å²) in [6.45, 7) is 5.95. The molecule has 3 heterocycles. The van der Waals surface area contributed by atoms with Crippen LogP contribution >= 0.6 is 22.7 Å². The van der Waals surface area contributed by atoms with Crippen LogP contribution in [0.4, 0.5) is 5.00 Å². The summed E-state index contributed by atoms with van der Waals surface area (Å²) in [4.78, 5) is 54.6. The molecule has 2 aromatic heterocycles. The summed E-state index contributed by atoms with van der Waals surface area (Å²) in [7, 11) is 0. The van der Waals surface area contributed by atoms with E-state index in [1.165, 1.54) is 22.7 Å². The van der Waals surface area contributed by atoms with Crippen molar-refractivity contribution in [3.63, 3.8) is 0 Å². The van der Waals surface area contributed by atoms with Gasteiger partial charge >= 0.3 is 5.97 Å². The molecule has 3 aromatic rings. The number of nitrogens with zero attached hydrogens (tertiary/aromatic N) is 1. The standard InChI is InChI=1S/C26H26N2O5S2/c1-4-33-26(32)21-18(20-10-7-13-34-20)14-35-23(21)27-22(29)19(12-11-15(2)3)28-24(30)16-8-5-6-9-17(16)25(28)31/h5-10,13-15,19H,4,11-12H2,1-3H3,(H,27,29). The number of amides is 3. The van der Waals surface area contributed by atoms with Gasteiger partial charge in [-0.1, -0.05) is 32.0 Å². The first-order chi connectivity index (χ1) is 16.8. The van der Waals surface area contributed by atoms with E-state index in [9.17, 15) is 19.2 Å². The van der Waals surface area contributed by atoms with Crippen LogP contribution in [0.1, 0.15) is 64.7 Å². The van der Waals surface area contributed by atoms with Crippen LogP contribution in [0.2, 0.25) is 0 Å². The minimum absolute atomic E-state index is 0.192. The summed E-state index contributed by atoms with van der Waals surface area (Å²) in [5.41, 5.74) is 1.54. The van der Waals surface area contributed by atoms with Gasteiger partial charge in [0.15, 0.2) is 0 Å². The maximum atomic E-state index is 13.6. The van der Waals surface area contributed by atoms with Crippen LogP contribution in [-0.4, -0.2) is 41.2 Å². The van der Waals surface area contributed by atoms with Crippen LogP contribution in [0.3, 0.4) is 0 Å². The zero-order valence-corrected chi connectivity index (χ0v) is 21.3. The largest absolute Gasteiger partial charge is 0.462 e. The fourth-order valence-electron chi connectivity index (χ4n) is 4.02. The molecule has 1 aromatic carbocycles. The number of fused-ring (bicyclic) bond motifs is 1. The van der Waals surface area contributed by atoms with Crippen molar-refractivity contribution < 1.29 is 23.9 Å². The zero-order valence-electron chi connectivity index (χ0n) is 19.7. The fourth-order valence-corrected chi connectivity index (χ4v) is 5.80. The van der Waals surface area contributed by atoms with E-state index in [1.807, 2.05) is 31.4 Å². The third-order valence-corrected chi connectivity index (χ3v) is 7.55. The quantitative estimate of drug-likeness (QED) is 0.295. The second kappa shape index (κ2) is 10.5. The number of thiophene rings is 2. The summed E-state index contributed by atoms with van der Waals surface area (Å²) in [5.74, 6) is -1.74. The van der Waals surface area contributed by atoms with Crippen LogP contribution in [-0.2, 0) is 9.53 Å². The van der Waals surface area contributed by atoms with E-state index in [4.69, 9.17) is 4.74 Å². The molecule has 0 saturated carbocycles. The Hall–Kier alpha value is -3.30. The summed E-state index contributed by atoms with van der Waals surface area (Å²) < 4.78 is 5.27. The highest BCUT2D eigenvalue weighted by atomic mass is 32.1. The molecule has 4 rings (SSSR count). The molecule has 35 heavy (non-hydrogen) atoms. The minimum atomic E-state index is -1.01. The molecule has 3 amide bonds. The van der Waals surface area contributed by atoms with Crippen LogP contribution in [0.5, 0.6) is 0 Å². The Labute approximate surface area is 211 Å². The van der Waals surface area contributed by atoms with Crippen molar-refractivity contribution in [2.45, 2.75) is 39.7 Å². The van der Waals surface area contributed by atoms with Gasteiger partial charge in [-0.2, -0.15) is 0 Å². The molecule has 1 aliphatic heterocycles. The molecule has 0 radical (unpaired) electrons. The summed E-state index contributed by atoms with van der Waals surface area (Å²) in [6, 6.07) is 9.35. The number of benzene rings is 1. The number of imide groups is 1. The van der Waals surface area contributed by atoms with Crippen molar-refractivity contribution in [3.8, 4) is 10.4 Å². The maximum Gasteiger partial charge on any atom is 0.341 e. The van der Waals surface area contributed by atoms with Crippen LogP contribution < -0.4 is 5.32 Å². The molecular weight excluding hydrogens is 484 g/mol. The van der Waals surface area contributed by atoms with E-state index < -0.39 is 29.7 Å². The Morgan fingerprint density at radius 3 is 2.23 bits per heavy atom. The Kier molecular flexibility index (Phi) is 7.47. The Bertz CT molecular complexity index is 1230. The highest BCUT2D eigenvalue weighted by Gasteiger charge is 2.42. The lowest BCUT2D eigenvalue weighted by Crippen LogP contribution is -2.47. The van der Waals surface area contributed by atoms with E-state index in [1.54, 1.807) is 36.6 Å². The molecule has 1 atom stereocenters. The molecule has 1 N–H and O–H groups in total. The molecule has 0 fully saturated rings. The average molecular weight is 511 g/mol. The van der Waals surface area contributed by atoms with Crippen LogP contribution in [0.25, 0.3) is 10.4 Å².